The highest BCUT2D eigenvalue weighted by Crippen LogP contribution is 2.29. The first-order chi connectivity index (χ1) is 9.93. The molecule has 0 radical (unpaired) electrons. The summed E-state index contributed by atoms with van der Waals surface area (Å²) in [5, 5.41) is 4.32. The van der Waals surface area contributed by atoms with Crippen molar-refractivity contribution in [3.63, 3.8) is 0 Å². The van der Waals surface area contributed by atoms with Gasteiger partial charge in [-0.05, 0) is 36.9 Å². The van der Waals surface area contributed by atoms with Crippen LogP contribution in [0.1, 0.15) is 31.2 Å². The number of ether oxygens (including phenoxy) is 1. The largest absolute Gasteiger partial charge is 0.465 e. The van der Waals surface area contributed by atoms with Crippen LogP contribution in [0.5, 0.6) is 0 Å². The number of thiophene rings is 1. The van der Waals surface area contributed by atoms with E-state index in [1.165, 1.54) is 30.6 Å². The molecule has 0 saturated carbocycles. The number of nitrogens with one attached hydrogen (secondary N) is 1. The third-order valence-corrected chi connectivity index (χ3v) is 4.03. The molecule has 110 valence electrons. The van der Waals surface area contributed by atoms with E-state index in [-0.39, 0.29) is 10.4 Å². The van der Waals surface area contributed by atoms with Gasteiger partial charge in [0.1, 0.15) is 10.7 Å². The summed E-state index contributed by atoms with van der Waals surface area (Å²) >= 11 is 1.17. The number of carbonyl (C=O) groups is 2. The lowest BCUT2D eigenvalue weighted by Crippen LogP contribution is -2.16. The number of carbonyl (C=O) groups excluding carboxylic acids is 2. The lowest BCUT2D eigenvalue weighted by atomic mass is 10.1. The minimum atomic E-state index is -0.606. The third-order valence-electron chi connectivity index (χ3n) is 2.95. The van der Waals surface area contributed by atoms with Gasteiger partial charge in [0.05, 0.1) is 18.4 Å². The summed E-state index contributed by atoms with van der Waals surface area (Å²) in [6.45, 7) is 3.52. The molecule has 1 heterocycles. The van der Waals surface area contributed by atoms with Gasteiger partial charge in [-0.3, -0.25) is 4.79 Å². The molecule has 6 heteroatoms. The molecule has 0 saturated heterocycles. The number of hydrogen-bond donors (Lipinski definition) is 1. The van der Waals surface area contributed by atoms with Gasteiger partial charge in [-0.15, -0.1) is 11.3 Å². The quantitative estimate of drug-likeness (QED) is 0.882. The van der Waals surface area contributed by atoms with Crippen molar-refractivity contribution < 1.29 is 18.7 Å². The van der Waals surface area contributed by atoms with Gasteiger partial charge in [-0.1, -0.05) is 11.6 Å². The van der Waals surface area contributed by atoms with Crippen LogP contribution in [-0.2, 0) is 4.74 Å². The molecule has 21 heavy (non-hydrogen) atoms. The van der Waals surface area contributed by atoms with E-state index in [0.29, 0.717) is 5.69 Å². The smallest absolute Gasteiger partial charge is 0.350 e. The molecule has 0 fully saturated rings. The van der Waals surface area contributed by atoms with Crippen LogP contribution in [-0.4, -0.2) is 19.0 Å². The fraction of sp³-hybridized carbons (Fsp3) is 0.200. The molecule has 0 bridgehead atoms. The fourth-order valence-corrected chi connectivity index (χ4v) is 2.76. The number of benzene rings is 1. The number of esters is 1. The minimum Gasteiger partial charge on any atom is -0.465 e. The first-order valence-corrected chi connectivity index (χ1v) is 7.06. The van der Waals surface area contributed by atoms with Crippen molar-refractivity contribution in [3.8, 4) is 0 Å². The summed E-state index contributed by atoms with van der Waals surface area (Å²) < 4.78 is 18.4. The Kier molecular flexibility index (Phi) is 4.37. The van der Waals surface area contributed by atoms with Gasteiger partial charge < -0.3 is 10.1 Å². The van der Waals surface area contributed by atoms with Crippen LogP contribution in [0.2, 0.25) is 0 Å². The molecule has 0 spiro atoms. The van der Waals surface area contributed by atoms with Crippen molar-refractivity contribution in [2.45, 2.75) is 13.8 Å². The van der Waals surface area contributed by atoms with E-state index in [0.717, 1.165) is 11.1 Å². The number of hydrogen-bond acceptors (Lipinski definition) is 4. The van der Waals surface area contributed by atoms with Gasteiger partial charge in [0.25, 0.3) is 5.91 Å². The number of aryl methyl sites for hydroxylation is 2. The first-order valence-electron chi connectivity index (χ1n) is 6.18. The molecular weight excluding hydrogens is 293 g/mol. The maximum atomic E-state index is 13.7. The molecule has 0 aliphatic heterocycles. The van der Waals surface area contributed by atoms with Gasteiger partial charge in [0.15, 0.2) is 0 Å². The van der Waals surface area contributed by atoms with Crippen LogP contribution >= 0.6 is 11.3 Å². The maximum absolute atomic E-state index is 13.7. The van der Waals surface area contributed by atoms with E-state index >= 15 is 0 Å². The van der Waals surface area contributed by atoms with Crippen molar-refractivity contribution >= 4 is 28.9 Å². The molecule has 1 aromatic carbocycles. The summed E-state index contributed by atoms with van der Waals surface area (Å²) in [5.41, 5.74) is 1.80. The summed E-state index contributed by atoms with van der Waals surface area (Å²) in [6.07, 6.45) is 0. The van der Waals surface area contributed by atoms with Crippen molar-refractivity contribution in [2.24, 2.45) is 0 Å². The van der Waals surface area contributed by atoms with Crippen molar-refractivity contribution in [3.05, 3.63) is 51.0 Å². The predicted molar refractivity (Wildman–Crippen MR) is 79.5 cm³/mol. The lowest BCUT2D eigenvalue weighted by Gasteiger charge is -2.08. The van der Waals surface area contributed by atoms with E-state index in [1.54, 1.807) is 25.3 Å². The minimum absolute atomic E-state index is 0.0589. The lowest BCUT2D eigenvalue weighted by molar-refractivity contribution is 0.0607. The van der Waals surface area contributed by atoms with Gasteiger partial charge in [0, 0.05) is 0 Å². The second kappa shape index (κ2) is 6.05. The second-order valence-corrected chi connectivity index (χ2v) is 5.43. The van der Waals surface area contributed by atoms with Gasteiger partial charge >= 0.3 is 5.97 Å². The Morgan fingerprint density at radius 1 is 1.29 bits per heavy atom. The molecule has 0 atom stereocenters. The average Bonchev–Trinajstić information content (AvgIpc) is 2.82. The van der Waals surface area contributed by atoms with Crippen LogP contribution in [0.15, 0.2) is 23.6 Å². The van der Waals surface area contributed by atoms with E-state index in [4.69, 9.17) is 0 Å². The number of anilines is 1. The highest BCUT2D eigenvalue weighted by atomic mass is 32.1. The number of methoxy groups -OCH3 is 1. The van der Waals surface area contributed by atoms with Crippen LogP contribution in [0.25, 0.3) is 0 Å². The third kappa shape index (κ3) is 3.11. The zero-order valence-electron chi connectivity index (χ0n) is 11.8. The summed E-state index contributed by atoms with van der Waals surface area (Å²) in [6, 6.07) is 4.29. The molecule has 1 aromatic heterocycles. The maximum Gasteiger partial charge on any atom is 0.350 e. The summed E-state index contributed by atoms with van der Waals surface area (Å²) in [7, 11) is 1.27. The van der Waals surface area contributed by atoms with Gasteiger partial charge in [-0.2, -0.15) is 0 Å². The topological polar surface area (TPSA) is 55.4 Å². The zero-order valence-corrected chi connectivity index (χ0v) is 12.6. The van der Waals surface area contributed by atoms with Crippen molar-refractivity contribution in [1.82, 2.24) is 0 Å². The van der Waals surface area contributed by atoms with E-state index in [9.17, 15) is 14.0 Å². The van der Waals surface area contributed by atoms with Crippen LogP contribution in [0, 0.1) is 19.7 Å². The Morgan fingerprint density at radius 3 is 2.67 bits per heavy atom. The Morgan fingerprint density at radius 2 is 2.00 bits per heavy atom. The molecule has 4 nitrogen and oxygen atoms in total. The number of rotatable bonds is 3. The van der Waals surface area contributed by atoms with E-state index in [2.05, 4.69) is 10.1 Å². The monoisotopic (exact) mass is 307 g/mol. The molecule has 0 aliphatic rings. The van der Waals surface area contributed by atoms with Gasteiger partial charge in [0.2, 0.25) is 0 Å². The Hall–Kier alpha value is -2.21. The number of amides is 1. The van der Waals surface area contributed by atoms with Gasteiger partial charge in [-0.25, -0.2) is 9.18 Å². The second-order valence-electron chi connectivity index (χ2n) is 4.55. The average molecular weight is 307 g/mol. The van der Waals surface area contributed by atoms with Crippen molar-refractivity contribution in [2.75, 3.05) is 12.4 Å². The fourth-order valence-electron chi connectivity index (χ4n) is 1.84. The molecular formula is C15H14FNO3S. The summed E-state index contributed by atoms with van der Waals surface area (Å²) in [5.74, 6) is -1.73. The standard InChI is InChI=1S/C15H14FNO3S/c1-8-4-5-11(16)10(6-8)14(18)17-12-9(2)7-21-13(12)15(19)20-3/h4-7H,1-3H3,(H,17,18). The first kappa shape index (κ1) is 15.2. The molecule has 1 amide bonds. The SMILES string of the molecule is COC(=O)c1scc(C)c1NC(=O)c1cc(C)ccc1F. The zero-order chi connectivity index (χ0) is 15.6. The van der Waals surface area contributed by atoms with E-state index < -0.39 is 17.7 Å². The molecule has 2 aromatic rings. The molecule has 0 aliphatic carbocycles. The molecule has 1 N–H and O–H groups in total. The van der Waals surface area contributed by atoms with Crippen LogP contribution in [0.3, 0.4) is 0 Å². The number of halogens is 1. The van der Waals surface area contributed by atoms with Crippen LogP contribution in [0.4, 0.5) is 10.1 Å². The molecule has 0 unspecified atom stereocenters. The normalized spacial score (nSPS) is 10.3. The Balaban J connectivity index is 2.34. The summed E-state index contributed by atoms with van der Waals surface area (Å²) in [4.78, 5) is 24.1. The Bertz CT molecular complexity index is 709. The van der Waals surface area contributed by atoms with E-state index in [1.807, 2.05) is 0 Å². The van der Waals surface area contributed by atoms with Crippen molar-refractivity contribution in [1.29, 1.82) is 0 Å². The molecule has 2 rings (SSSR count). The van der Waals surface area contributed by atoms with Crippen LogP contribution < -0.4 is 5.32 Å². The Labute approximate surface area is 125 Å². The highest BCUT2D eigenvalue weighted by Gasteiger charge is 2.20. The predicted octanol–water partition coefficient (Wildman–Crippen LogP) is 3.54. The highest BCUT2D eigenvalue weighted by molar-refractivity contribution is 7.12.